The highest BCUT2D eigenvalue weighted by Gasteiger charge is 2.03. The van der Waals surface area contributed by atoms with E-state index >= 15 is 0 Å². The average molecular weight is 258 g/mol. The van der Waals surface area contributed by atoms with Crippen molar-refractivity contribution in [3.63, 3.8) is 0 Å². The average Bonchev–Trinajstić information content (AvgIpc) is 2.33. The fraction of sp³-hybridized carbons (Fsp3) is 0.636. The largest absolute Gasteiger partial charge is 0.394 e. The van der Waals surface area contributed by atoms with Gasteiger partial charge >= 0.3 is 0 Å². The summed E-state index contributed by atoms with van der Waals surface area (Å²) in [6, 6.07) is 0. The van der Waals surface area contributed by atoms with Crippen molar-refractivity contribution in [3.8, 4) is 0 Å². The Bertz CT molecular complexity index is 341. The van der Waals surface area contributed by atoms with E-state index in [-0.39, 0.29) is 5.28 Å². The molecule has 5 nitrogen and oxygen atoms in total. The SMILES string of the molecule is CCN(CC)CCCNc1nc(Cl)ncc1N. The van der Waals surface area contributed by atoms with Gasteiger partial charge in [-0.2, -0.15) is 4.98 Å². The molecule has 0 aliphatic rings. The van der Waals surface area contributed by atoms with Crippen LogP contribution in [0.15, 0.2) is 6.20 Å². The van der Waals surface area contributed by atoms with Crippen LogP contribution < -0.4 is 11.1 Å². The molecule has 6 heteroatoms. The van der Waals surface area contributed by atoms with Crippen LogP contribution in [0.25, 0.3) is 0 Å². The van der Waals surface area contributed by atoms with E-state index in [4.69, 9.17) is 17.3 Å². The second-order valence-electron chi connectivity index (χ2n) is 3.75. The van der Waals surface area contributed by atoms with Gasteiger partial charge in [0.2, 0.25) is 5.28 Å². The maximum Gasteiger partial charge on any atom is 0.224 e. The topological polar surface area (TPSA) is 67.1 Å². The molecule has 1 rings (SSSR count). The fourth-order valence-electron chi connectivity index (χ4n) is 1.56. The van der Waals surface area contributed by atoms with Gasteiger partial charge in [0.25, 0.3) is 0 Å². The molecular formula is C11H20ClN5. The highest BCUT2D eigenvalue weighted by atomic mass is 35.5. The summed E-state index contributed by atoms with van der Waals surface area (Å²) < 4.78 is 0. The van der Waals surface area contributed by atoms with Crippen molar-refractivity contribution in [1.82, 2.24) is 14.9 Å². The lowest BCUT2D eigenvalue weighted by Gasteiger charge is -2.17. The van der Waals surface area contributed by atoms with Crippen molar-refractivity contribution >= 4 is 23.1 Å². The molecule has 17 heavy (non-hydrogen) atoms. The molecule has 0 amide bonds. The Morgan fingerprint density at radius 2 is 2.12 bits per heavy atom. The van der Waals surface area contributed by atoms with Crippen molar-refractivity contribution in [2.75, 3.05) is 37.2 Å². The highest BCUT2D eigenvalue weighted by molar-refractivity contribution is 6.28. The summed E-state index contributed by atoms with van der Waals surface area (Å²) in [4.78, 5) is 10.2. The lowest BCUT2D eigenvalue weighted by atomic mass is 10.3. The summed E-state index contributed by atoms with van der Waals surface area (Å²) in [5.74, 6) is 0.615. The second-order valence-corrected chi connectivity index (χ2v) is 4.09. The van der Waals surface area contributed by atoms with Crippen LogP contribution in [0.5, 0.6) is 0 Å². The van der Waals surface area contributed by atoms with Crippen LogP contribution in [0.4, 0.5) is 11.5 Å². The minimum atomic E-state index is 0.213. The molecule has 1 heterocycles. The Hall–Kier alpha value is -1.07. The Balaban J connectivity index is 2.33. The minimum absolute atomic E-state index is 0.213. The van der Waals surface area contributed by atoms with E-state index in [0.717, 1.165) is 32.6 Å². The predicted molar refractivity (Wildman–Crippen MR) is 72.3 cm³/mol. The van der Waals surface area contributed by atoms with Crippen LogP contribution >= 0.6 is 11.6 Å². The number of nitrogen functional groups attached to an aromatic ring is 1. The number of hydrogen-bond donors (Lipinski definition) is 2. The van der Waals surface area contributed by atoms with Gasteiger partial charge in [-0.25, -0.2) is 4.98 Å². The van der Waals surface area contributed by atoms with Gasteiger partial charge < -0.3 is 16.0 Å². The van der Waals surface area contributed by atoms with E-state index in [0.29, 0.717) is 11.5 Å². The third kappa shape index (κ3) is 4.75. The van der Waals surface area contributed by atoms with Gasteiger partial charge in [0.15, 0.2) is 5.82 Å². The molecule has 0 aromatic carbocycles. The molecule has 0 bridgehead atoms. The molecule has 0 fully saturated rings. The normalized spacial score (nSPS) is 10.8. The van der Waals surface area contributed by atoms with Gasteiger partial charge in [-0.1, -0.05) is 13.8 Å². The molecule has 96 valence electrons. The van der Waals surface area contributed by atoms with E-state index in [2.05, 4.69) is 34.0 Å². The first-order chi connectivity index (χ1) is 8.17. The van der Waals surface area contributed by atoms with Gasteiger partial charge in [-0.05, 0) is 37.7 Å². The molecule has 3 N–H and O–H groups in total. The Morgan fingerprint density at radius 3 is 2.76 bits per heavy atom. The Labute approximate surface area is 107 Å². The van der Waals surface area contributed by atoms with Gasteiger partial charge in [-0.15, -0.1) is 0 Å². The summed E-state index contributed by atoms with van der Waals surface area (Å²) in [6.45, 7) is 8.39. The molecule has 0 saturated carbocycles. The Kier molecular flexibility index (Phi) is 6.00. The predicted octanol–water partition coefficient (Wildman–Crippen LogP) is 1.86. The van der Waals surface area contributed by atoms with E-state index in [9.17, 15) is 0 Å². The number of nitrogens with one attached hydrogen (secondary N) is 1. The van der Waals surface area contributed by atoms with E-state index in [1.165, 1.54) is 6.20 Å². The Morgan fingerprint density at radius 1 is 1.41 bits per heavy atom. The number of anilines is 2. The molecular weight excluding hydrogens is 238 g/mol. The molecule has 0 atom stereocenters. The fourth-order valence-corrected chi connectivity index (χ4v) is 1.69. The van der Waals surface area contributed by atoms with Gasteiger partial charge in [0.05, 0.1) is 11.9 Å². The zero-order chi connectivity index (χ0) is 12.7. The van der Waals surface area contributed by atoms with Crippen molar-refractivity contribution in [2.45, 2.75) is 20.3 Å². The molecule has 0 saturated heterocycles. The van der Waals surface area contributed by atoms with E-state index in [1.807, 2.05) is 0 Å². The standard InChI is InChI=1S/C11H20ClN5/c1-3-17(4-2)7-5-6-14-10-9(13)8-15-11(12)16-10/h8H,3-7,13H2,1-2H3,(H,14,15,16). The van der Waals surface area contributed by atoms with Crippen LogP contribution in [0.3, 0.4) is 0 Å². The maximum atomic E-state index is 5.73. The molecule has 1 aromatic rings. The van der Waals surface area contributed by atoms with Crippen LogP contribution in [-0.2, 0) is 0 Å². The second kappa shape index (κ2) is 7.29. The van der Waals surface area contributed by atoms with Crippen molar-refractivity contribution < 1.29 is 0 Å². The summed E-state index contributed by atoms with van der Waals surface area (Å²) in [5.41, 5.74) is 6.25. The molecule has 0 spiro atoms. The lowest BCUT2D eigenvalue weighted by Crippen LogP contribution is -2.25. The monoisotopic (exact) mass is 257 g/mol. The molecule has 0 radical (unpaired) electrons. The zero-order valence-electron chi connectivity index (χ0n) is 10.4. The maximum absolute atomic E-state index is 5.73. The summed E-state index contributed by atoms with van der Waals surface area (Å²) >= 11 is 5.70. The third-order valence-electron chi connectivity index (χ3n) is 2.63. The van der Waals surface area contributed by atoms with Crippen LogP contribution in [0.1, 0.15) is 20.3 Å². The quantitative estimate of drug-likeness (QED) is 0.577. The number of aromatic nitrogens is 2. The van der Waals surface area contributed by atoms with Crippen molar-refractivity contribution in [3.05, 3.63) is 11.5 Å². The van der Waals surface area contributed by atoms with Crippen molar-refractivity contribution in [2.24, 2.45) is 0 Å². The summed E-state index contributed by atoms with van der Waals surface area (Å²) in [5, 5.41) is 3.38. The first kappa shape index (κ1) is 14.0. The zero-order valence-corrected chi connectivity index (χ0v) is 11.2. The third-order valence-corrected chi connectivity index (χ3v) is 2.81. The molecule has 0 aliphatic carbocycles. The van der Waals surface area contributed by atoms with E-state index in [1.54, 1.807) is 0 Å². The van der Waals surface area contributed by atoms with Gasteiger partial charge in [-0.3, -0.25) is 0 Å². The first-order valence-corrected chi connectivity index (χ1v) is 6.29. The number of nitrogens with zero attached hydrogens (tertiary/aromatic N) is 3. The minimum Gasteiger partial charge on any atom is -0.394 e. The molecule has 0 unspecified atom stereocenters. The first-order valence-electron chi connectivity index (χ1n) is 5.91. The number of halogens is 1. The lowest BCUT2D eigenvalue weighted by molar-refractivity contribution is 0.303. The van der Waals surface area contributed by atoms with Gasteiger partial charge in [0, 0.05) is 6.54 Å². The number of nitrogens with two attached hydrogens (primary N) is 1. The summed E-state index contributed by atoms with van der Waals surface area (Å²) in [6.07, 6.45) is 2.56. The van der Waals surface area contributed by atoms with Crippen LogP contribution in [-0.4, -0.2) is 41.0 Å². The molecule has 1 aromatic heterocycles. The smallest absolute Gasteiger partial charge is 0.224 e. The van der Waals surface area contributed by atoms with Gasteiger partial charge in [0.1, 0.15) is 0 Å². The summed E-state index contributed by atoms with van der Waals surface area (Å²) in [7, 11) is 0. The van der Waals surface area contributed by atoms with Crippen molar-refractivity contribution in [1.29, 1.82) is 0 Å². The highest BCUT2D eigenvalue weighted by Crippen LogP contribution is 2.15. The van der Waals surface area contributed by atoms with Crippen LogP contribution in [0, 0.1) is 0 Å². The molecule has 0 aliphatic heterocycles. The number of hydrogen-bond acceptors (Lipinski definition) is 5. The van der Waals surface area contributed by atoms with E-state index < -0.39 is 0 Å². The number of rotatable bonds is 7. The van der Waals surface area contributed by atoms with Crippen LogP contribution in [0.2, 0.25) is 5.28 Å².